The fourth-order valence-corrected chi connectivity index (χ4v) is 4.25. The summed E-state index contributed by atoms with van der Waals surface area (Å²) in [5.41, 5.74) is 2.61. The van der Waals surface area contributed by atoms with Crippen molar-refractivity contribution in [3.8, 4) is 5.75 Å². The number of benzene rings is 1. The van der Waals surface area contributed by atoms with Crippen LogP contribution in [0.1, 0.15) is 40.4 Å². The van der Waals surface area contributed by atoms with Crippen LogP contribution in [0, 0.1) is 0 Å². The number of methoxy groups -OCH3 is 1. The van der Waals surface area contributed by atoms with E-state index in [1.807, 2.05) is 46.1 Å². The maximum absolute atomic E-state index is 13.4. The number of likely N-dealkylation sites (tertiary alicyclic amines) is 1. The lowest BCUT2D eigenvalue weighted by Crippen LogP contribution is -2.39. The standard InChI is InChI=1S/C22H23N7O2/c1-31-20-6-5-16(12-18(20)14-28-11-3-8-25-28)21(30)27-10-2-4-17(13-27)19-7-9-23-22-24-15-26-29(19)22/h3,5-9,11-12,15,17H,2,4,10,13-14H2,1H3. The summed E-state index contributed by atoms with van der Waals surface area (Å²) >= 11 is 0. The maximum atomic E-state index is 13.4. The molecule has 3 aromatic heterocycles. The molecule has 9 heteroatoms. The Morgan fingerprint density at radius 1 is 1.19 bits per heavy atom. The number of rotatable bonds is 5. The Bertz CT molecular complexity index is 1200. The van der Waals surface area contributed by atoms with E-state index in [1.165, 1.54) is 6.33 Å². The maximum Gasteiger partial charge on any atom is 0.253 e. The van der Waals surface area contributed by atoms with Crippen LogP contribution in [0.3, 0.4) is 0 Å². The fourth-order valence-electron chi connectivity index (χ4n) is 4.25. The zero-order valence-corrected chi connectivity index (χ0v) is 17.3. The van der Waals surface area contributed by atoms with Crippen molar-refractivity contribution < 1.29 is 9.53 Å². The number of carbonyl (C=O) groups excluding carboxylic acids is 1. The minimum absolute atomic E-state index is 0.0259. The number of fused-ring (bicyclic) bond motifs is 1. The highest BCUT2D eigenvalue weighted by Gasteiger charge is 2.27. The van der Waals surface area contributed by atoms with E-state index >= 15 is 0 Å². The number of hydrogen-bond donors (Lipinski definition) is 0. The molecule has 1 aromatic carbocycles. The Morgan fingerprint density at radius 2 is 2.13 bits per heavy atom. The van der Waals surface area contributed by atoms with E-state index in [1.54, 1.807) is 24.0 Å². The zero-order chi connectivity index (χ0) is 21.2. The van der Waals surface area contributed by atoms with E-state index in [2.05, 4.69) is 20.2 Å². The Labute approximate surface area is 179 Å². The Balaban J connectivity index is 1.39. The lowest BCUT2D eigenvalue weighted by Gasteiger charge is -2.33. The Morgan fingerprint density at radius 3 is 2.97 bits per heavy atom. The van der Waals surface area contributed by atoms with Crippen molar-refractivity contribution in [3.63, 3.8) is 0 Å². The first kappa shape index (κ1) is 19.2. The summed E-state index contributed by atoms with van der Waals surface area (Å²) in [5, 5.41) is 8.57. The van der Waals surface area contributed by atoms with Crippen LogP contribution in [0.2, 0.25) is 0 Å². The monoisotopic (exact) mass is 417 g/mol. The molecule has 5 rings (SSSR count). The molecular formula is C22H23N7O2. The van der Waals surface area contributed by atoms with Crippen molar-refractivity contribution >= 4 is 11.7 Å². The van der Waals surface area contributed by atoms with E-state index in [0.29, 0.717) is 24.4 Å². The summed E-state index contributed by atoms with van der Waals surface area (Å²) in [5.74, 6) is 1.54. The highest BCUT2D eigenvalue weighted by molar-refractivity contribution is 5.94. The van der Waals surface area contributed by atoms with E-state index in [-0.39, 0.29) is 11.8 Å². The molecule has 0 N–H and O–H groups in total. The third-order valence-corrected chi connectivity index (χ3v) is 5.76. The quantitative estimate of drug-likeness (QED) is 0.495. The van der Waals surface area contributed by atoms with Gasteiger partial charge in [0.05, 0.1) is 19.3 Å². The van der Waals surface area contributed by atoms with E-state index in [4.69, 9.17) is 4.74 Å². The molecule has 4 heterocycles. The largest absolute Gasteiger partial charge is 0.496 e. The van der Waals surface area contributed by atoms with Gasteiger partial charge in [-0.05, 0) is 43.2 Å². The highest BCUT2D eigenvalue weighted by Crippen LogP contribution is 2.28. The van der Waals surface area contributed by atoms with Crippen LogP contribution in [-0.4, -0.2) is 60.4 Å². The molecule has 0 spiro atoms. The predicted molar refractivity (Wildman–Crippen MR) is 113 cm³/mol. The van der Waals surface area contributed by atoms with Crippen LogP contribution in [0.5, 0.6) is 5.75 Å². The van der Waals surface area contributed by atoms with Gasteiger partial charge < -0.3 is 9.64 Å². The molecule has 158 valence electrons. The van der Waals surface area contributed by atoms with Crippen LogP contribution < -0.4 is 4.74 Å². The number of amides is 1. The van der Waals surface area contributed by atoms with Gasteiger partial charge in [0.2, 0.25) is 0 Å². The van der Waals surface area contributed by atoms with Gasteiger partial charge in [-0.15, -0.1) is 0 Å². The number of carbonyl (C=O) groups is 1. The molecule has 1 saturated heterocycles. The summed E-state index contributed by atoms with van der Waals surface area (Å²) in [4.78, 5) is 23.7. The number of ether oxygens (including phenoxy) is 1. The van der Waals surface area contributed by atoms with Crippen molar-refractivity contribution in [1.29, 1.82) is 0 Å². The molecule has 1 aliphatic rings. The van der Waals surface area contributed by atoms with Crippen molar-refractivity contribution in [2.45, 2.75) is 25.3 Å². The number of aromatic nitrogens is 6. The molecule has 9 nitrogen and oxygen atoms in total. The number of hydrogen-bond acceptors (Lipinski definition) is 6. The average molecular weight is 417 g/mol. The summed E-state index contributed by atoms with van der Waals surface area (Å²) in [6.07, 6.45) is 8.83. The molecular weight excluding hydrogens is 394 g/mol. The van der Waals surface area contributed by atoms with Crippen LogP contribution in [-0.2, 0) is 6.54 Å². The molecule has 0 radical (unpaired) electrons. The second-order valence-corrected chi connectivity index (χ2v) is 7.66. The van der Waals surface area contributed by atoms with E-state index in [0.717, 1.165) is 36.4 Å². The SMILES string of the molecule is COc1ccc(C(=O)N2CCCC(c3ccnc4ncnn34)C2)cc1Cn1cccn1. The first-order valence-corrected chi connectivity index (χ1v) is 10.3. The van der Waals surface area contributed by atoms with Crippen molar-refractivity contribution in [1.82, 2.24) is 34.3 Å². The molecule has 0 bridgehead atoms. The Hall–Kier alpha value is -3.75. The predicted octanol–water partition coefficient (Wildman–Crippen LogP) is 2.40. The minimum atomic E-state index is 0.0259. The normalized spacial score (nSPS) is 16.5. The van der Waals surface area contributed by atoms with E-state index in [9.17, 15) is 4.79 Å². The molecule has 31 heavy (non-hydrogen) atoms. The van der Waals surface area contributed by atoms with Gasteiger partial charge in [0.25, 0.3) is 11.7 Å². The lowest BCUT2D eigenvalue weighted by atomic mass is 9.94. The summed E-state index contributed by atoms with van der Waals surface area (Å²) in [7, 11) is 1.64. The highest BCUT2D eigenvalue weighted by atomic mass is 16.5. The van der Waals surface area contributed by atoms with Crippen LogP contribution in [0.15, 0.2) is 55.2 Å². The van der Waals surface area contributed by atoms with Crippen molar-refractivity contribution in [2.24, 2.45) is 0 Å². The molecule has 0 aliphatic carbocycles. The lowest BCUT2D eigenvalue weighted by molar-refractivity contribution is 0.0705. The van der Waals surface area contributed by atoms with Gasteiger partial charge in [-0.3, -0.25) is 9.48 Å². The first-order valence-electron chi connectivity index (χ1n) is 10.3. The van der Waals surface area contributed by atoms with E-state index < -0.39 is 0 Å². The van der Waals surface area contributed by atoms with Crippen LogP contribution >= 0.6 is 0 Å². The molecule has 1 fully saturated rings. The molecule has 0 saturated carbocycles. The van der Waals surface area contributed by atoms with Gasteiger partial charge in [0.15, 0.2) is 0 Å². The van der Waals surface area contributed by atoms with Gasteiger partial charge in [-0.2, -0.15) is 15.2 Å². The second kappa shape index (κ2) is 8.17. The summed E-state index contributed by atoms with van der Waals surface area (Å²) in [6.45, 7) is 1.92. The molecule has 4 aromatic rings. The molecule has 1 atom stereocenters. The van der Waals surface area contributed by atoms with Gasteiger partial charge in [0, 0.05) is 48.7 Å². The molecule has 1 aliphatic heterocycles. The average Bonchev–Trinajstić information content (AvgIpc) is 3.50. The third-order valence-electron chi connectivity index (χ3n) is 5.76. The van der Waals surface area contributed by atoms with Gasteiger partial charge in [-0.25, -0.2) is 9.50 Å². The molecule has 1 unspecified atom stereocenters. The fraction of sp³-hybridized carbons (Fsp3) is 0.318. The number of piperidine rings is 1. The van der Waals surface area contributed by atoms with Gasteiger partial charge in [-0.1, -0.05) is 0 Å². The summed E-state index contributed by atoms with van der Waals surface area (Å²) < 4.78 is 9.08. The van der Waals surface area contributed by atoms with Crippen molar-refractivity contribution in [2.75, 3.05) is 20.2 Å². The minimum Gasteiger partial charge on any atom is -0.496 e. The molecule has 1 amide bonds. The Kier molecular flexibility index (Phi) is 5.07. The zero-order valence-electron chi connectivity index (χ0n) is 17.3. The van der Waals surface area contributed by atoms with Gasteiger partial charge >= 0.3 is 0 Å². The second-order valence-electron chi connectivity index (χ2n) is 7.66. The van der Waals surface area contributed by atoms with Gasteiger partial charge in [0.1, 0.15) is 12.1 Å². The summed E-state index contributed by atoms with van der Waals surface area (Å²) in [6, 6.07) is 9.44. The van der Waals surface area contributed by atoms with Crippen LogP contribution in [0.4, 0.5) is 0 Å². The first-order chi connectivity index (χ1) is 15.2. The third kappa shape index (κ3) is 3.74. The smallest absolute Gasteiger partial charge is 0.253 e. The van der Waals surface area contributed by atoms with Crippen molar-refractivity contribution in [3.05, 3.63) is 72.1 Å². The van der Waals surface area contributed by atoms with Crippen LogP contribution in [0.25, 0.3) is 5.78 Å². The number of nitrogens with zero attached hydrogens (tertiary/aromatic N) is 7. The topological polar surface area (TPSA) is 90.4 Å².